The van der Waals surface area contributed by atoms with Gasteiger partial charge in [-0.1, -0.05) is 6.07 Å². The second-order valence-corrected chi connectivity index (χ2v) is 4.56. The van der Waals surface area contributed by atoms with Gasteiger partial charge in [-0.2, -0.15) is 0 Å². The van der Waals surface area contributed by atoms with Crippen LogP contribution in [-0.4, -0.2) is 64.1 Å². The summed E-state index contributed by atoms with van der Waals surface area (Å²) in [6, 6.07) is 2.64. The SMILES string of the molecule is COCCOCC(=O)N[C@H](Cc1cccnc1OC)C(=O)OC. The monoisotopic (exact) mass is 326 g/mol. The molecule has 0 radical (unpaired) electrons. The van der Waals surface area contributed by atoms with Crippen molar-refractivity contribution in [2.75, 3.05) is 41.2 Å². The molecule has 0 unspecified atom stereocenters. The van der Waals surface area contributed by atoms with Crippen LogP contribution in [0.5, 0.6) is 5.88 Å². The van der Waals surface area contributed by atoms with Gasteiger partial charge in [-0.3, -0.25) is 4.79 Å². The number of nitrogens with zero attached hydrogens (tertiary/aromatic N) is 1. The average molecular weight is 326 g/mol. The Bertz CT molecular complexity index is 508. The lowest BCUT2D eigenvalue weighted by Crippen LogP contribution is -2.44. The molecule has 1 aromatic rings. The highest BCUT2D eigenvalue weighted by molar-refractivity contribution is 5.85. The predicted octanol–water partition coefficient (Wildman–Crippen LogP) is -0.0465. The van der Waals surface area contributed by atoms with Crippen molar-refractivity contribution in [3.63, 3.8) is 0 Å². The number of hydrogen-bond acceptors (Lipinski definition) is 7. The summed E-state index contributed by atoms with van der Waals surface area (Å²) in [7, 11) is 4.29. The first-order valence-electron chi connectivity index (χ1n) is 7.04. The Morgan fingerprint density at radius 2 is 2.04 bits per heavy atom. The summed E-state index contributed by atoms with van der Waals surface area (Å²) in [5.41, 5.74) is 0.686. The summed E-state index contributed by atoms with van der Waals surface area (Å²) in [4.78, 5) is 27.8. The third kappa shape index (κ3) is 6.62. The second-order valence-electron chi connectivity index (χ2n) is 4.56. The van der Waals surface area contributed by atoms with E-state index in [1.165, 1.54) is 21.3 Å². The van der Waals surface area contributed by atoms with Gasteiger partial charge in [-0.25, -0.2) is 9.78 Å². The number of carbonyl (C=O) groups excluding carboxylic acids is 2. The van der Waals surface area contributed by atoms with Crippen molar-refractivity contribution in [3.05, 3.63) is 23.9 Å². The maximum absolute atomic E-state index is 11.9. The van der Waals surface area contributed by atoms with Crippen molar-refractivity contribution < 1.29 is 28.5 Å². The van der Waals surface area contributed by atoms with Gasteiger partial charge in [0.05, 0.1) is 27.4 Å². The number of methoxy groups -OCH3 is 3. The molecular weight excluding hydrogens is 304 g/mol. The topological polar surface area (TPSA) is 96.0 Å². The molecule has 8 nitrogen and oxygen atoms in total. The van der Waals surface area contributed by atoms with Crippen LogP contribution in [0.15, 0.2) is 18.3 Å². The molecule has 1 N–H and O–H groups in total. The van der Waals surface area contributed by atoms with Gasteiger partial charge in [0.2, 0.25) is 11.8 Å². The minimum Gasteiger partial charge on any atom is -0.481 e. The van der Waals surface area contributed by atoms with E-state index in [1.807, 2.05) is 0 Å². The molecule has 1 atom stereocenters. The Balaban J connectivity index is 2.66. The minimum absolute atomic E-state index is 0.166. The third-order valence-corrected chi connectivity index (χ3v) is 2.95. The lowest BCUT2D eigenvalue weighted by molar-refractivity contribution is -0.145. The van der Waals surface area contributed by atoms with E-state index < -0.39 is 17.9 Å². The van der Waals surface area contributed by atoms with E-state index in [9.17, 15) is 9.59 Å². The van der Waals surface area contributed by atoms with Crippen LogP contribution in [0.2, 0.25) is 0 Å². The van der Waals surface area contributed by atoms with E-state index in [0.29, 0.717) is 24.7 Å². The summed E-state index contributed by atoms with van der Waals surface area (Å²) >= 11 is 0. The highest BCUT2D eigenvalue weighted by Crippen LogP contribution is 2.16. The number of amides is 1. The number of esters is 1. The summed E-state index contributed by atoms with van der Waals surface area (Å²) in [5, 5.41) is 2.58. The number of hydrogen-bond donors (Lipinski definition) is 1. The molecule has 0 aromatic carbocycles. The average Bonchev–Trinajstić information content (AvgIpc) is 2.57. The van der Waals surface area contributed by atoms with Crippen LogP contribution in [0.4, 0.5) is 0 Å². The first-order chi connectivity index (χ1) is 11.1. The molecule has 1 heterocycles. The third-order valence-electron chi connectivity index (χ3n) is 2.95. The Morgan fingerprint density at radius 3 is 2.70 bits per heavy atom. The van der Waals surface area contributed by atoms with Crippen molar-refractivity contribution in [3.8, 4) is 5.88 Å². The summed E-state index contributed by atoms with van der Waals surface area (Å²) < 4.78 is 19.8. The van der Waals surface area contributed by atoms with Gasteiger partial charge in [0.1, 0.15) is 12.6 Å². The number of carbonyl (C=O) groups is 2. The molecule has 23 heavy (non-hydrogen) atoms. The summed E-state index contributed by atoms with van der Waals surface area (Å²) in [6.07, 6.45) is 1.78. The van der Waals surface area contributed by atoms with Gasteiger partial charge in [0, 0.05) is 25.3 Å². The fourth-order valence-corrected chi connectivity index (χ4v) is 1.86. The van der Waals surface area contributed by atoms with E-state index in [1.54, 1.807) is 18.3 Å². The van der Waals surface area contributed by atoms with E-state index in [4.69, 9.17) is 18.9 Å². The van der Waals surface area contributed by atoms with Gasteiger partial charge in [-0.05, 0) is 6.07 Å². The standard InChI is InChI=1S/C15H22N2O6/c1-20-7-8-23-10-13(18)17-12(15(19)22-3)9-11-5-4-6-16-14(11)21-2/h4-6,12H,7-10H2,1-3H3,(H,17,18)/t12-/m1/s1. The summed E-state index contributed by atoms with van der Waals surface area (Å²) in [6.45, 7) is 0.519. The maximum Gasteiger partial charge on any atom is 0.328 e. The fraction of sp³-hybridized carbons (Fsp3) is 0.533. The van der Waals surface area contributed by atoms with E-state index in [-0.39, 0.29) is 13.0 Å². The summed E-state index contributed by atoms with van der Waals surface area (Å²) in [5.74, 6) is -0.576. The first kappa shape index (κ1) is 18.9. The van der Waals surface area contributed by atoms with Crippen molar-refractivity contribution >= 4 is 11.9 Å². The van der Waals surface area contributed by atoms with E-state index >= 15 is 0 Å². The zero-order valence-corrected chi connectivity index (χ0v) is 13.5. The number of rotatable bonds is 10. The van der Waals surface area contributed by atoms with Crippen LogP contribution in [-0.2, 0) is 30.2 Å². The van der Waals surface area contributed by atoms with Gasteiger partial charge in [0.25, 0.3) is 0 Å². The molecule has 0 aliphatic heterocycles. The number of aromatic nitrogens is 1. The Labute approximate surface area is 135 Å². The molecule has 0 spiro atoms. The van der Waals surface area contributed by atoms with Gasteiger partial charge >= 0.3 is 5.97 Å². The van der Waals surface area contributed by atoms with Crippen LogP contribution in [0, 0.1) is 0 Å². The number of pyridine rings is 1. The zero-order valence-electron chi connectivity index (χ0n) is 13.5. The highest BCUT2D eigenvalue weighted by Gasteiger charge is 2.23. The van der Waals surface area contributed by atoms with Crippen LogP contribution in [0.1, 0.15) is 5.56 Å². The first-order valence-corrected chi connectivity index (χ1v) is 7.04. The molecule has 1 amide bonds. The Kier molecular flexibility index (Phi) is 8.63. The van der Waals surface area contributed by atoms with Crippen LogP contribution < -0.4 is 10.1 Å². The molecule has 0 saturated carbocycles. The van der Waals surface area contributed by atoms with Crippen LogP contribution >= 0.6 is 0 Å². The fourth-order valence-electron chi connectivity index (χ4n) is 1.86. The predicted molar refractivity (Wildman–Crippen MR) is 81.1 cm³/mol. The van der Waals surface area contributed by atoms with Crippen LogP contribution in [0.3, 0.4) is 0 Å². The molecule has 1 rings (SSSR count). The lowest BCUT2D eigenvalue weighted by Gasteiger charge is -2.17. The normalized spacial score (nSPS) is 11.6. The Hall–Kier alpha value is -2.19. The van der Waals surface area contributed by atoms with Crippen molar-refractivity contribution in [1.82, 2.24) is 10.3 Å². The van der Waals surface area contributed by atoms with E-state index in [0.717, 1.165) is 0 Å². The molecule has 128 valence electrons. The largest absolute Gasteiger partial charge is 0.481 e. The van der Waals surface area contributed by atoms with Gasteiger partial charge in [0.15, 0.2) is 0 Å². The van der Waals surface area contributed by atoms with Crippen molar-refractivity contribution in [1.29, 1.82) is 0 Å². The number of ether oxygens (including phenoxy) is 4. The zero-order chi connectivity index (χ0) is 17.1. The van der Waals surface area contributed by atoms with E-state index in [2.05, 4.69) is 10.3 Å². The van der Waals surface area contributed by atoms with Gasteiger partial charge in [-0.15, -0.1) is 0 Å². The number of nitrogens with one attached hydrogen (secondary N) is 1. The van der Waals surface area contributed by atoms with Crippen molar-refractivity contribution in [2.24, 2.45) is 0 Å². The molecular formula is C15H22N2O6. The second kappa shape index (κ2) is 10.5. The highest BCUT2D eigenvalue weighted by atomic mass is 16.5. The molecule has 1 aromatic heterocycles. The van der Waals surface area contributed by atoms with Gasteiger partial charge < -0.3 is 24.3 Å². The molecule has 0 bridgehead atoms. The lowest BCUT2D eigenvalue weighted by atomic mass is 10.1. The molecule has 0 saturated heterocycles. The molecule has 0 aliphatic carbocycles. The molecule has 0 fully saturated rings. The molecule has 8 heteroatoms. The smallest absolute Gasteiger partial charge is 0.328 e. The Morgan fingerprint density at radius 1 is 1.26 bits per heavy atom. The van der Waals surface area contributed by atoms with Crippen molar-refractivity contribution in [2.45, 2.75) is 12.5 Å². The minimum atomic E-state index is -0.850. The quantitative estimate of drug-likeness (QED) is 0.476. The van der Waals surface area contributed by atoms with Crippen LogP contribution in [0.25, 0.3) is 0 Å². The maximum atomic E-state index is 11.9. The molecule has 0 aliphatic rings.